The maximum absolute atomic E-state index is 12.5. The van der Waals surface area contributed by atoms with E-state index >= 15 is 0 Å². The molecule has 0 bridgehead atoms. The predicted molar refractivity (Wildman–Crippen MR) is 92.5 cm³/mol. The molecule has 1 saturated heterocycles. The lowest BCUT2D eigenvalue weighted by molar-refractivity contribution is -0.130. The fraction of sp³-hybridized carbons (Fsp3) is 0.421. The minimum absolute atomic E-state index is 0.0221. The van der Waals surface area contributed by atoms with Crippen LogP contribution in [-0.2, 0) is 16.1 Å². The van der Waals surface area contributed by atoms with Crippen LogP contribution in [-0.4, -0.2) is 28.4 Å². The Labute approximate surface area is 147 Å². The van der Waals surface area contributed by atoms with Gasteiger partial charge in [-0.2, -0.15) is 0 Å². The Hall–Kier alpha value is -2.63. The van der Waals surface area contributed by atoms with Gasteiger partial charge in [0.2, 0.25) is 11.8 Å². The second-order valence-electron chi connectivity index (χ2n) is 6.55. The molecule has 132 valence electrons. The Morgan fingerprint density at radius 3 is 2.72 bits per heavy atom. The molecular formula is C19H23N3O3. The molecule has 2 heterocycles. The molecule has 6 heteroatoms. The largest absolute Gasteiger partial charge is 0.361 e. The maximum Gasteiger partial charge on any atom is 0.225 e. The number of amides is 2. The first-order chi connectivity index (χ1) is 12.0. The van der Waals surface area contributed by atoms with Crippen molar-refractivity contribution in [2.45, 2.75) is 39.8 Å². The van der Waals surface area contributed by atoms with Crippen molar-refractivity contribution in [3.63, 3.8) is 0 Å². The number of likely N-dealkylation sites (tertiary alicyclic amines) is 1. The van der Waals surface area contributed by atoms with Crippen LogP contribution in [0.25, 0.3) is 0 Å². The number of carbonyl (C=O) groups excluding carboxylic acids is 2. The average Bonchev–Trinajstić information content (AvgIpc) is 3.16. The van der Waals surface area contributed by atoms with Gasteiger partial charge in [-0.1, -0.05) is 35.5 Å². The SMILES string of the molecule is Cc1noc(C)c1CNC(=O)C1CC(=O)N(C(C)c2ccccc2)C1. The molecule has 1 aliphatic heterocycles. The van der Waals surface area contributed by atoms with E-state index < -0.39 is 0 Å². The molecular weight excluding hydrogens is 318 g/mol. The van der Waals surface area contributed by atoms with Gasteiger partial charge in [0.05, 0.1) is 17.7 Å². The van der Waals surface area contributed by atoms with E-state index in [2.05, 4.69) is 10.5 Å². The van der Waals surface area contributed by atoms with Gasteiger partial charge in [0.15, 0.2) is 0 Å². The lowest BCUT2D eigenvalue weighted by Gasteiger charge is -2.25. The Balaban J connectivity index is 1.61. The van der Waals surface area contributed by atoms with Gasteiger partial charge >= 0.3 is 0 Å². The molecule has 2 amide bonds. The van der Waals surface area contributed by atoms with Crippen LogP contribution in [0, 0.1) is 19.8 Å². The fourth-order valence-electron chi connectivity index (χ4n) is 3.27. The van der Waals surface area contributed by atoms with Crippen LogP contribution in [0.1, 0.15) is 42.0 Å². The van der Waals surface area contributed by atoms with Gasteiger partial charge < -0.3 is 14.7 Å². The van der Waals surface area contributed by atoms with Crippen LogP contribution < -0.4 is 5.32 Å². The molecule has 1 aromatic heterocycles. The third kappa shape index (κ3) is 3.57. The van der Waals surface area contributed by atoms with Gasteiger partial charge in [-0.05, 0) is 26.3 Å². The van der Waals surface area contributed by atoms with Gasteiger partial charge in [-0.25, -0.2) is 0 Å². The molecule has 1 N–H and O–H groups in total. The van der Waals surface area contributed by atoms with Crippen molar-refractivity contribution < 1.29 is 14.1 Å². The van der Waals surface area contributed by atoms with Crippen LogP contribution in [0.3, 0.4) is 0 Å². The zero-order chi connectivity index (χ0) is 18.0. The van der Waals surface area contributed by atoms with E-state index in [9.17, 15) is 9.59 Å². The van der Waals surface area contributed by atoms with E-state index in [1.165, 1.54) is 0 Å². The minimum atomic E-state index is -0.320. The molecule has 0 aliphatic carbocycles. The van der Waals surface area contributed by atoms with Crippen LogP contribution in [0.5, 0.6) is 0 Å². The number of hydrogen-bond donors (Lipinski definition) is 1. The summed E-state index contributed by atoms with van der Waals surface area (Å²) in [7, 11) is 0. The Kier molecular flexibility index (Phi) is 4.88. The Morgan fingerprint density at radius 2 is 2.08 bits per heavy atom. The second kappa shape index (κ2) is 7.09. The standard InChI is InChI=1S/C19H23N3O3/c1-12-17(14(3)25-21-12)10-20-19(24)16-9-18(23)22(11-16)13(2)15-7-5-4-6-8-15/h4-8,13,16H,9-11H2,1-3H3,(H,20,24). The predicted octanol–water partition coefficient (Wildman–Crippen LogP) is 2.52. The molecule has 1 fully saturated rings. The van der Waals surface area contributed by atoms with Crippen LogP contribution in [0.4, 0.5) is 0 Å². The van der Waals surface area contributed by atoms with Gasteiger partial charge in [-0.15, -0.1) is 0 Å². The summed E-state index contributed by atoms with van der Waals surface area (Å²) in [6.45, 7) is 6.49. The van der Waals surface area contributed by atoms with Crippen molar-refractivity contribution >= 4 is 11.8 Å². The molecule has 1 aliphatic rings. The van der Waals surface area contributed by atoms with E-state index in [0.29, 0.717) is 18.8 Å². The van der Waals surface area contributed by atoms with Crippen molar-refractivity contribution in [1.29, 1.82) is 0 Å². The highest BCUT2D eigenvalue weighted by molar-refractivity contribution is 5.89. The molecule has 3 rings (SSSR count). The smallest absolute Gasteiger partial charge is 0.225 e. The number of hydrogen-bond acceptors (Lipinski definition) is 4. The van der Waals surface area contributed by atoms with Crippen molar-refractivity contribution in [1.82, 2.24) is 15.4 Å². The number of benzene rings is 1. The van der Waals surface area contributed by atoms with Gasteiger partial charge in [0, 0.05) is 25.1 Å². The van der Waals surface area contributed by atoms with Gasteiger partial charge in [0.25, 0.3) is 0 Å². The normalized spacial score (nSPS) is 18.4. The zero-order valence-electron chi connectivity index (χ0n) is 14.8. The van der Waals surface area contributed by atoms with E-state index in [1.54, 1.807) is 4.90 Å². The van der Waals surface area contributed by atoms with Crippen molar-refractivity contribution in [2.24, 2.45) is 5.92 Å². The summed E-state index contributed by atoms with van der Waals surface area (Å²) in [5.41, 5.74) is 2.75. The summed E-state index contributed by atoms with van der Waals surface area (Å²) < 4.78 is 5.10. The second-order valence-corrected chi connectivity index (χ2v) is 6.55. The van der Waals surface area contributed by atoms with E-state index in [0.717, 1.165) is 16.8 Å². The van der Waals surface area contributed by atoms with E-state index in [-0.39, 0.29) is 30.2 Å². The third-order valence-corrected chi connectivity index (χ3v) is 4.90. The topological polar surface area (TPSA) is 75.4 Å². The molecule has 2 atom stereocenters. The molecule has 0 radical (unpaired) electrons. The number of aryl methyl sites for hydroxylation is 2. The molecule has 0 saturated carbocycles. The van der Waals surface area contributed by atoms with Crippen LogP contribution in [0.2, 0.25) is 0 Å². The van der Waals surface area contributed by atoms with E-state index in [1.807, 2.05) is 51.1 Å². The maximum atomic E-state index is 12.5. The molecule has 0 spiro atoms. The fourth-order valence-corrected chi connectivity index (χ4v) is 3.27. The van der Waals surface area contributed by atoms with Gasteiger partial charge in [-0.3, -0.25) is 9.59 Å². The molecule has 2 aromatic rings. The minimum Gasteiger partial charge on any atom is -0.361 e. The van der Waals surface area contributed by atoms with E-state index in [4.69, 9.17) is 4.52 Å². The summed E-state index contributed by atoms with van der Waals surface area (Å²) in [5, 5.41) is 6.79. The molecule has 6 nitrogen and oxygen atoms in total. The van der Waals surface area contributed by atoms with Crippen molar-refractivity contribution in [2.75, 3.05) is 6.54 Å². The Bertz CT molecular complexity index is 750. The summed E-state index contributed by atoms with van der Waals surface area (Å²) in [6, 6.07) is 9.84. The van der Waals surface area contributed by atoms with Crippen LogP contribution in [0.15, 0.2) is 34.9 Å². The van der Waals surface area contributed by atoms with Crippen LogP contribution >= 0.6 is 0 Å². The first-order valence-electron chi connectivity index (χ1n) is 8.51. The summed E-state index contributed by atoms with van der Waals surface area (Å²) >= 11 is 0. The van der Waals surface area contributed by atoms with Gasteiger partial charge in [0.1, 0.15) is 5.76 Å². The first kappa shape index (κ1) is 17.2. The zero-order valence-corrected chi connectivity index (χ0v) is 14.8. The lowest BCUT2D eigenvalue weighted by atomic mass is 10.1. The first-order valence-corrected chi connectivity index (χ1v) is 8.51. The highest BCUT2D eigenvalue weighted by Gasteiger charge is 2.36. The summed E-state index contributed by atoms with van der Waals surface area (Å²) in [4.78, 5) is 26.6. The molecule has 2 unspecified atom stereocenters. The number of nitrogens with one attached hydrogen (secondary N) is 1. The molecule has 25 heavy (non-hydrogen) atoms. The summed E-state index contributed by atoms with van der Waals surface area (Å²) in [6.07, 6.45) is 0.255. The quantitative estimate of drug-likeness (QED) is 0.907. The monoisotopic (exact) mass is 341 g/mol. The highest BCUT2D eigenvalue weighted by Crippen LogP contribution is 2.28. The molecule has 1 aromatic carbocycles. The average molecular weight is 341 g/mol. The summed E-state index contributed by atoms with van der Waals surface area (Å²) in [5.74, 6) is 0.309. The van der Waals surface area contributed by atoms with Crippen molar-refractivity contribution in [3.8, 4) is 0 Å². The Morgan fingerprint density at radius 1 is 1.36 bits per heavy atom. The number of carbonyl (C=O) groups is 2. The van der Waals surface area contributed by atoms with Crippen molar-refractivity contribution in [3.05, 3.63) is 52.9 Å². The lowest BCUT2D eigenvalue weighted by Crippen LogP contribution is -2.33. The number of rotatable bonds is 5. The number of aromatic nitrogens is 1. The highest BCUT2D eigenvalue weighted by atomic mass is 16.5. The third-order valence-electron chi connectivity index (χ3n) is 4.90. The number of nitrogens with zero attached hydrogens (tertiary/aromatic N) is 2.